The molecule has 1 saturated heterocycles. The SMILES string of the molecule is C=CCCOC(C)C(=O)NCc1ccc(CN2CCCC2)cc1. The molecule has 1 aliphatic heterocycles. The van der Waals surface area contributed by atoms with Crippen LogP contribution in [-0.4, -0.2) is 36.6 Å². The van der Waals surface area contributed by atoms with Gasteiger partial charge in [0.05, 0.1) is 6.61 Å². The molecule has 0 radical (unpaired) electrons. The molecule has 1 N–H and O–H groups in total. The van der Waals surface area contributed by atoms with Crippen LogP contribution in [0.4, 0.5) is 0 Å². The Balaban J connectivity index is 1.72. The number of benzene rings is 1. The van der Waals surface area contributed by atoms with Crippen LogP contribution in [0.1, 0.15) is 37.3 Å². The largest absolute Gasteiger partial charge is 0.368 e. The third-order valence-electron chi connectivity index (χ3n) is 4.15. The highest BCUT2D eigenvalue weighted by molar-refractivity contribution is 5.80. The number of amides is 1. The lowest BCUT2D eigenvalue weighted by Gasteiger charge is -2.15. The van der Waals surface area contributed by atoms with Crippen molar-refractivity contribution in [2.75, 3.05) is 19.7 Å². The monoisotopic (exact) mass is 316 g/mol. The van der Waals surface area contributed by atoms with Crippen LogP contribution in [0.5, 0.6) is 0 Å². The summed E-state index contributed by atoms with van der Waals surface area (Å²) in [6.07, 6.45) is 4.75. The Morgan fingerprint density at radius 1 is 1.30 bits per heavy atom. The summed E-state index contributed by atoms with van der Waals surface area (Å²) in [5.74, 6) is -0.0739. The molecule has 0 bridgehead atoms. The van der Waals surface area contributed by atoms with Crippen LogP contribution in [-0.2, 0) is 22.6 Å². The van der Waals surface area contributed by atoms with Crippen molar-refractivity contribution >= 4 is 5.91 Å². The number of carbonyl (C=O) groups is 1. The summed E-state index contributed by atoms with van der Waals surface area (Å²) in [4.78, 5) is 14.4. The zero-order valence-electron chi connectivity index (χ0n) is 14.1. The van der Waals surface area contributed by atoms with E-state index in [0.717, 1.165) is 18.5 Å². The fourth-order valence-electron chi connectivity index (χ4n) is 2.70. The van der Waals surface area contributed by atoms with E-state index in [-0.39, 0.29) is 5.91 Å². The van der Waals surface area contributed by atoms with Gasteiger partial charge in [-0.2, -0.15) is 0 Å². The molecule has 0 saturated carbocycles. The van der Waals surface area contributed by atoms with Crippen molar-refractivity contribution in [3.05, 3.63) is 48.0 Å². The maximum atomic E-state index is 11.9. The Morgan fingerprint density at radius 3 is 2.61 bits per heavy atom. The first kappa shape index (κ1) is 17.7. The van der Waals surface area contributed by atoms with Crippen LogP contribution >= 0.6 is 0 Å². The number of carbonyl (C=O) groups excluding carboxylic acids is 1. The summed E-state index contributed by atoms with van der Waals surface area (Å²) in [5.41, 5.74) is 2.45. The summed E-state index contributed by atoms with van der Waals surface area (Å²) < 4.78 is 5.44. The van der Waals surface area contributed by atoms with E-state index < -0.39 is 6.10 Å². The van der Waals surface area contributed by atoms with E-state index in [1.165, 1.54) is 31.5 Å². The average molecular weight is 316 g/mol. The van der Waals surface area contributed by atoms with E-state index in [2.05, 4.69) is 41.1 Å². The highest BCUT2D eigenvalue weighted by Crippen LogP contribution is 2.13. The normalized spacial score (nSPS) is 16.2. The Hall–Kier alpha value is -1.65. The highest BCUT2D eigenvalue weighted by Gasteiger charge is 2.13. The van der Waals surface area contributed by atoms with Crippen molar-refractivity contribution in [1.82, 2.24) is 10.2 Å². The van der Waals surface area contributed by atoms with Crippen LogP contribution in [0, 0.1) is 0 Å². The van der Waals surface area contributed by atoms with Crippen LogP contribution in [0.25, 0.3) is 0 Å². The molecule has 2 rings (SSSR count). The molecule has 4 heteroatoms. The smallest absolute Gasteiger partial charge is 0.249 e. The zero-order valence-corrected chi connectivity index (χ0v) is 14.1. The Labute approximate surface area is 139 Å². The average Bonchev–Trinajstić information content (AvgIpc) is 3.07. The van der Waals surface area contributed by atoms with Gasteiger partial charge in [0.2, 0.25) is 5.91 Å². The second-order valence-electron chi connectivity index (χ2n) is 6.11. The summed E-state index contributed by atoms with van der Waals surface area (Å²) >= 11 is 0. The van der Waals surface area contributed by atoms with Crippen LogP contribution < -0.4 is 5.32 Å². The van der Waals surface area contributed by atoms with Crippen LogP contribution in [0.2, 0.25) is 0 Å². The van der Waals surface area contributed by atoms with Crippen molar-refractivity contribution < 1.29 is 9.53 Å². The molecule has 1 aliphatic rings. The van der Waals surface area contributed by atoms with Gasteiger partial charge < -0.3 is 10.1 Å². The fraction of sp³-hybridized carbons (Fsp3) is 0.526. The van der Waals surface area contributed by atoms with E-state index in [1.807, 2.05) is 0 Å². The quantitative estimate of drug-likeness (QED) is 0.562. The number of ether oxygens (including phenoxy) is 1. The molecule has 1 heterocycles. The highest BCUT2D eigenvalue weighted by atomic mass is 16.5. The van der Waals surface area contributed by atoms with E-state index in [0.29, 0.717) is 13.2 Å². The van der Waals surface area contributed by atoms with E-state index in [4.69, 9.17) is 4.74 Å². The van der Waals surface area contributed by atoms with E-state index >= 15 is 0 Å². The Morgan fingerprint density at radius 2 is 1.96 bits per heavy atom. The maximum Gasteiger partial charge on any atom is 0.249 e. The third-order valence-corrected chi connectivity index (χ3v) is 4.15. The third kappa shape index (κ3) is 6.16. The summed E-state index contributed by atoms with van der Waals surface area (Å²) in [7, 11) is 0. The lowest BCUT2D eigenvalue weighted by atomic mass is 10.1. The molecule has 1 atom stereocenters. The zero-order chi connectivity index (χ0) is 16.5. The van der Waals surface area contributed by atoms with Crippen molar-refractivity contribution in [3.8, 4) is 0 Å². The number of rotatable bonds is 9. The minimum Gasteiger partial charge on any atom is -0.368 e. The molecule has 1 aromatic carbocycles. The number of hydrogen-bond acceptors (Lipinski definition) is 3. The van der Waals surface area contributed by atoms with Gasteiger partial charge in [-0.15, -0.1) is 6.58 Å². The minimum absolute atomic E-state index is 0.0739. The standard InChI is InChI=1S/C19H28N2O2/c1-3-4-13-23-16(2)19(22)20-14-17-7-9-18(10-8-17)15-21-11-5-6-12-21/h3,7-10,16H,1,4-6,11-15H2,2H3,(H,20,22). The molecule has 1 unspecified atom stereocenters. The van der Waals surface area contributed by atoms with Crippen molar-refractivity contribution in [2.24, 2.45) is 0 Å². The van der Waals surface area contributed by atoms with E-state index in [9.17, 15) is 4.79 Å². The van der Waals surface area contributed by atoms with Crippen molar-refractivity contribution in [2.45, 2.75) is 45.4 Å². The van der Waals surface area contributed by atoms with Crippen molar-refractivity contribution in [3.63, 3.8) is 0 Å². The van der Waals surface area contributed by atoms with Gasteiger partial charge in [-0.1, -0.05) is 30.3 Å². The van der Waals surface area contributed by atoms with Crippen LogP contribution in [0.15, 0.2) is 36.9 Å². The van der Waals surface area contributed by atoms with Crippen molar-refractivity contribution in [1.29, 1.82) is 0 Å². The lowest BCUT2D eigenvalue weighted by molar-refractivity contribution is -0.131. The van der Waals surface area contributed by atoms with Gasteiger partial charge in [0.25, 0.3) is 0 Å². The summed E-state index contributed by atoms with van der Waals surface area (Å²) in [6.45, 7) is 9.93. The number of hydrogen-bond donors (Lipinski definition) is 1. The molecule has 0 spiro atoms. The Kier molecular flexibility index (Phi) is 7.30. The lowest BCUT2D eigenvalue weighted by Crippen LogP contribution is -2.34. The molecule has 0 aromatic heterocycles. The number of nitrogens with one attached hydrogen (secondary N) is 1. The first-order valence-electron chi connectivity index (χ1n) is 8.49. The second kappa shape index (κ2) is 9.48. The fourth-order valence-corrected chi connectivity index (χ4v) is 2.70. The molecule has 126 valence electrons. The second-order valence-corrected chi connectivity index (χ2v) is 6.11. The van der Waals surface area contributed by atoms with Gasteiger partial charge in [-0.3, -0.25) is 9.69 Å². The van der Waals surface area contributed by atoms with E-state index in [1.54, 1.807) is 13.0 Å². The van der Waals surface area contributed by atoms with Gasteiger partial charge in [0.15, 0.2) is 0 Å². The van der Waals surface area contributed by atoms with Gasteiger partial charge in [0.1, 0.15) is 6.10 Å². The predicted octanol–water partition coefficient (Wildman–Crippen LogP) is 2.88. The molecule has 0 aliphatic carbocycles. The van der Waals surface area contributed by atoms with Crippen LogP contribution in [0.3, 0.4) is 0 Å². The molecule has 1 fully saturated rings. The summed E-state index contributed by atoms with van der Waals surface area (Å²) in [6, 6.07) is 8.50. The first-order valence-corrected chi connectivity index (χ1v) is 8.49. The first-order chi connectivity index (χ1) is 11.2. The maximum absolute atomic E-state index is 11.9. The van der Waals surface area contributed by atoms with Gasteiger partial charge in [-0.05, 0) is 50.4 Å². The molecular formula is C19H28N2O2. The molecule has 23 heavy (non-hydrogen) atoms. The molecule has 1 amide bonds. The predicted molar refractivity (Wildman–Crippen MR) is 93.0 cm³/mol. The number of likely N-dealkylation sites (tertiary alicyclic amines) is 1. The minimum atomic E-state index is -0.426. The van der Waals surface area contributed by atoms with Gasteiger partial charge in [-0.25, -0.2) is 0 Å². The molecule has 4 nitrogen and oxygen atoms in total. The molecular weight excluding hydrogens is 288 g/mol. The number of nitrogens with zero attached hydrogens (tertiary/aromatic N) is 1. The van der Waals surface area contributed by atoms with Gasteiger partial charge >= 0.3 is 0 Å². The summed E-state index contributed by atoms with van der Waals surface area (Å²) in [5, 5.41) is 2.92. The topological polar surface area (TPSA) is 41.6 Å². The molecule has 1 aromatic rings. The Bertz CT molecular complexity index is 493. The van der Waals surface area contributed by atoms with Gasteiger partial charge in [0, 0.05) is 13.1 Å².